The Balaban J connectivity index is 2.04. The van der Waals surface area contributed by atoms with Crippen LogP contribution in [0.4, 0.5) is 0 Å². The van der Waals surface area contributed by atoms with Gasteiger partial charge in [-0.3, -0.25) is 4.79 Å². The standard InChI is InChI=1S/C17H27N3O3S/c1-4-8-16-12-20(14(2)21)13-17(16)18-24(22,23)19(3)11-15-9-6-5-7-10-15/h5-7,9-10,16-18H,4,8,11-13H2,1-3H3/t16-,17-/m1/s1. The summed E-state index contributed by atoms with van der Waals surface area (Å²) >= 11 is 0. The van der Waals surface area contributed by atoms with Gasteiger partial charge in [0.05, 0.1) is 0 Å². The summed E-state index contributed by atoms with van der Waals surface area (Å²) in [5.74, 6) is 0.161. The van der Waals surface area contributed by atoms with Gasteiger partial charge in [0.1, 0.15) is 0 Å². The highest BCUT2D eigenvalue weighted by molar-refractivity contribution is 7.87. The van der Waals surface area contributed by atoms with Crippen LogP contribution in [-0.4, -0.2) is 49.7 Å². The average Bonchev–Trinajstić information content (AvgIpc) is 2.91. The molecule has 0 aliphatic carbocycles. The molecule has 0 saturated carbocycles. The Kier molecular flexibility index (Phi) is 6.37. The van der Waals surface area contributed by atoms with Crippen molar-refractivity contribution in [3.05, 3.63) is 35.9 Å². The molecule has 0 spiro atoms. The van der Waals surface area contributed by atoms with Crippen LogP contribution in [0.2, 0.25) is 0 Å². The molecular formula is C17H27N3O3S. The lowest BCUT2D eigenvalue weighted by molar-refractivity contribution is -0.127. The number of carbonyl (C=O) groups is 1. The summed E-state index contributed by atoms with van der Waals surface area (Å²) in [6, 6.07) is 9.26. The second-order valence-corrected chi connectivity index (χ2v) is 8.25. The first-order chi connectivity index (χ1) is 11.3. The molecule has 1 amide bonds. The second-order valence-electron chi connectivity index (χ2n) is 6.44. The van der Waals surface area contributed by atoms with E-state index < -0.39 is 10.2 Å². The lowest BCUT2D eigenvalue weighted by Crippen LogP contribution is -2.46. The van der Waals surface area contributed by atoms with Gasteiger partial charge in [-0.2, -0.15) is 17.4 Å². The topological polar surface area (TPSA) is 69.7 Å². The van der Waals surface area contributed by atoms with Crippen LogP contribution in [0.25, 0.3) is 0 Å². The molecule has 134 valence electrons. The highest BCUT2D eigenvalue weighted by atomic mass is 32.2. The van der Waals surface area contributed by atoms with Crippen molar-refractivity contribution >= 4 is 16.1 Å². The minimum absolute atomic E-state index is 0.00422. The molecule has 0 bridgehead atoms. The maximum atomic E-state index is 12.6. The van der Waals surface area contributed by atoms with E-state index in [2.05, 4.69) is 11.6 Å². The van der Waals surface area contributed by atoms with Crippen LogP contribution in [0.5, 0.6) is 0 Å². The molecule has 0 aromatic heterocycles. The van der Waals surface area contributed by atoms with Gasteiger partial charge in [-0.25, -0.2) is 0 Å². The van der Waals surface area contributed by atoms with Crippen LogP contribution in [-0.2, 0) is 21.5 Å². The van der Waals surface area contributed by atoms with E-state index >= 15 is 0 Å². The number of hydrogen-bond donors (Lipinski definition) is 1. The van der Waals surface area contributed by atoms with E-state index in [1.807, 2.05) is 30.3 Å². The summed E-state index contributed by atoms with van der Waals surface area (Å²) in [4.78, 5) is 13.3. The molecule has 1 aliphatic rings. The molecule has 0 unspecified atom stereocenters. The lowest BCUT2D eigenvalue weighted by Gasteiger charge is -2.23. The highest BCUT2D eigenvalue weighted by Gasteiger charge is 2.36. The van der Waals surface area contributed by atoms with Crippen LogP contribution in [0.15, 0.2) is 30.3 Å². The van der Waals surface area contributed by atoms with E-state index in [1.165, 1.54) is 11.2 Å². The predicted molar refractivity (Wildman–Crippen MR) is 94.4 cm³/mol. The molecule has 1 aliphatic heterocycles. The smallest absolute Gasteiger partial charge is 0.279 e. The molecule has 2 atom stereocenters. The van der Waals surface area contributed by atoms with Crippen molar-refractivity contribution in [3.63, 3.8) is 0 Å². The van der Waals surface area contributed by atoms with Gasteiger partial charge < -0.3 is 4.90 Å². The SMILES string of the molecule is CCC[C@@H]1CN(C(C)=O)C[C@H]1NS(=O)(=O)N(C)Cc1ccccc1. The molecule has 2 rings (SSSR count). The molecule has 1 aromatic carbocycles. The minimum Gasteiger partial charge on any atom is -0.341 e. The van der Waals surface area contributed by atoms with Gasteiger partial charge in [0.25, 0.3) is 10.2 Å². The molecular weight excluding hydrogens is 326 g/mol. The fraction of sp³-hybridized carbons (Fsp3) is 0.588. The average molecular weight is 353 g/mol. The summed E-state index contributed by atoms with van der Waals surface area (Å²) < 4.78 is 29.4. The number of carbonyl (C=O) groups excluding carboxylic acids is 1. The Morgan fingerprint density at radius 2 is 1.96 bits per heavy atom. The largest absolute Gasteiger partial charge is 0.341 e. The highest BCUT2D eigenvalue weighted by Crippen LogP contribution is 2.23. The molecule has 7 heteroatoms. The zero-order valence-electron chi connectivity index (χ0n) is 14.6. The van der Waals surface area contributed by atoms with E-state index in [4.69, 9.17) is 0 Å². The molecule has 1 heterocycles. The fourth-order valence-corrected chi connectivity index (χ4v) is 4.28. The molecule has 1 aromatic rings. The molecule has 1 saturated heterocycles. The van der Waals surface area contributed by atoms with Crippen molar-refractivity contribution in [2.75, 3.05) is 20.1 Å². The summed E-state index contributed by atoms with van der Waals surface area (Å²) in [7, 11) is -2.03. The van der Waals surface area contributed by atoms with Crippen molar-refractivity contribution in [1.82, 2.24) is 13.9 Å². The maximum absolute atomic E-state index is 12.6. The van der Waals surface area contributed by atoms with Crippen LogP contribution in [0.1, 0.15) is 32.3 Å². The van der Waals surface area contributed by atoms with Crippen LogP contribution < -0.4 is 4.72 Å². The quantitative estimate of drug-likeness (QED) is 0.809. The molecule has 24 heavy (non-hydrogen) atoms. The summed E-state index contributed by atoms with van der Waals surface area (Å²) in [6.45, 7) is 4.99. The van der Waals surface area contributed by atoms with Gasteiger partial charge >= 0.3 is 0 Å². The van der Waals surface area contributed by atoms with Crippen molar-refractivity contribution in [1.29, 1.82) is 0 Å². The molecule has 6 nitrogen and oxygen atoms in total. The molecule has 1 N–H and O–H groups in total. The van der Waals surface area contributed by atoms with Gasteiger partial charge in [-0.05, 0) is 17.9 Å². The number of likely N-dealkylation sites (tertiary alicyclic amines) is 1. The van der Waals surface area contributed by atoms with Gasteiger partial charge in [0, 0.05) is 39.6 Å². The monoisotopic (exact) mass is 353 g/mol. The van der Waals surface area contributed by atoms with Crippen LogP contribution in [0, 0.1) is 5.92 Å². The number of rotatable bonds is 7. The van der Waals surface area contributed by atoms with E-state index in [0.717, 1.165) is 18.4 Å². The van der Waals surface area contributed by atoms with Gasteiger partial charge in [-0.1, -0.05) is 43.7 Å². The number of benzene rings is 1. The number of amides is 1. The molecule has 0 radical (unpaired) electrons. The first-order valence-electron chi connectivity index (χ1n) is 8.36. The van der Waals surface area contributed by atoms with E-state index in [-0.39, 0.29) is 17.9 Å². The Morgan fingerprint density at radius 3 is 2.54 bits per heavy atom. The van der Waals surface area contributed by atoms with E-state index in [0.29, 0.717) is 19.6 Å². The van der Waals surface area contributed by atoms with Crippen LogP contribution in [0.3, 0.4) is 0 Å². The maximum Gasteiger partial charge on any atom is 0.279 e. The van der Waals surface area contributed by atoms with Gasteiger partial charge in [-0.15, -0.1) is 0 Å². The third-order valence-corrected chi connectivity index (χ3v) is 6.05. The fourth-order valence-electron chi connectivity index (χ4n) is 3.13. The molecule has 1 fully saturated rings. The Hall–Kier alpha value is -1.44. The summed E-state index contributed by atoms with van der Waals surface area (Å²) in [5, 5.41) is 0. The van der Waals surface area contributed by atoms with Crippen molar-refractivity contribution < 1.29 is 13.2 Å². The first kappa shape index (κ1) is 18.9. The summed E-state index contributed by atoms with van der Waals surface area (Å²) in [5.41, 5.74) is 0.937. The third-order valence-electron chi connectivity index (χ3n) is 4.50. The number of nitrogens with zero attached hydrogens (tertiary/aromatic N) is 2. The van der Waals surface area contributed by atoms with Crippen molar-refractivity contribution in [2.24, 2.45) is 5.92 Å². The number of nitrogens with one attached hydrogen (secondary N) is 1. The van der Waals surface area contributed by atoms with E-state index in [9.17, 15) is 13.2 Å². The number of hydrogen-bond acceptors (Lipinski definition) is 3. The Morgan fingerprint density at radius 1 is 1.29 bits per heavy atom. The van der Waals surface area contributed by atoms with Gasteiger partial charge in [0.2, 0.25) is 5.91 Å². The van der Waals surface area contributed by atoms with Crippen molar-refractivity contribution in [2.45, 2.75) is 39.3 Å². The van der Waals surface area contributed by atoms with E-state index in [1.54, 1.807) is 11.9 Å². The zero-order chi connectivity index (χ0) is 17.7. The first-order valence-corrected chi connectivity index (χ1v) is 9.80. The lowest BCUT2D eigenvalue weighted by atomic mass is 9.99. The zero-order valence-corrected chi connectivity index (χ0v) is 15.4. The third kappa shape index (κ3) is 4.78. The Bertz CT molecular complexity index is 648. The van der Waals surface area contributed by atoms with Gasteiger partial charge in [0.15, 0.2) is 0 Å². The summed E-state index contributed by atoms with van der Waals surface area (Å²) in [6.07, 6.45) is 1.87. The second kappa shape index (κ2) is 8.09. The van der Waals surface area contributed by atoms with Crippen LogP contribution >= 0.6 is 0 Å². The normalized spacial score (nSPS) is 21.4. The van der Waals surface area contributed by atoms with Crippen molar-refractivity contribution in [3.8, 4) is 0 Å². The predicted octanol–water partition coefficient (Wildman–Crippen LogP) is 1.60. The minimum atomic E-state index is -3.60. The Labute approximate surface area is 145 Å².